The molecule has 2 rings (SSSR count). The van der Waals surface area contributed by atoms with Gasteiger partial charge in [-0.1, -0.05) is 58.0 Å². The first kappa shape index (κ1) is 17.3. The monoisotopic (exact) mass is 323 g/mol. The largest absolute Gasteiger partial charge is 0.543 e. The standard InChI is InChI=1S/C20H25NOSi/c1-15(2)23(5,16(3)4)22-19-12-10-17(11-13-19)20-9-7-6-8-18(20)14-21/h6-13,15-16H,1-5H3. The van der Waals surface area contributed by atoms with Crippen molar-refractivity contribution in [2.45, 2.75) is 45.3 Å². The van der Waals surface area contributed by atoms with Gasteiger partial charge in [0, 0.05) is 0 Å². The van der Waals surface area contributed by atoms with E-state index in [1.807, 2.05) is 48.5 Å². The van der Waals surface area contributed by atoms with Crippen molar-refractivity contribution in [3.8, 4) is 22.9 Å². The van der Waals surface area contributed by atoms with Crippen molar-refractivity contribution < 1.29 is 4.43 Å². The summed E-state index contributed by atoms with van der Waals surface area (Å²) in [6.45, 7) is 11.3. The van der Waals surface area contributed by atoms with Crippen molar-refractivity contribution in [3.05, 3.63) is 54.1 Å². The lowest BCUT2D eigenvalue weighted by atomic mass is 10.0. The lowest BCUT2D eigenvalue weighted by Gasteiger charge is -2.35. The molecule has 0 saturated carbocycles. The van der Waals surface area contributed by atoms with Gasteiger partial charge in [-0.25, -0.2) is 0 Å². The van der Waals surface area contributed by atoms with Gasteiger partial charge in [0.05, 0.1) is 11.6 Å². The van der Waals surface area contributed by atoms with E-state index in [4.69, 9.17) is 4.43 Å². The van der Waals surface area contributed by atoms with Crippen LogP contribution in [0.2, 0.25) is 17.6 Å². The molecule has 2 aromatic rings. The van der Waals surface area contributed by atoms with E-state index >= 15 is 0 Å². The third-order valence-corrected chi connectivity index (χ3v) is 10.1. The molecule has 0 radical (unpaired) electrons. The van der Waals surface area contributed by atoms with Crippen LogP contribution in [0, 0.1) is 11.3 Å². The van der Waals surface area contributed by atoms with E-state index in [9.17, 15) is 5.26 Å². The van der Waals surface area contributed by atoms with E-state index in [1.165, 1.54) is 0 Å². The molecule has 0 fully saturated rings. The molecule has 2 nitrogen and oxygen atoms in total. The van der Waals surface area contributed by atoms with Crippen molar-refractivity contribution >= 4 is 8.32 Å². The zero-order chi connectivity index (χ0) is 17.0. The normalized spacial score (nSPS) is 11.6. The minimum atomic E-state index is -1.81. The van der Waals surface area contributed by atoms with Gasteiger partial charge in [-0.05, 0) is 47.0 Å². The molecule has 2 aromatic carbocycles. The van der Waals surface area contributed by atoms with E-state index in [1.54, 1.807) is 0 Å². The number of nitriles is 1. The van der Waals surface area contributed by atoms with E-state index in [0.717, 1.165) is 16.9 Å². The molecule has 3 heteroatoms. The van der Waals surface area contributed by atoms with Crippen LogP contribution < -0.4 is 4.43 Å². The predicted molar refractivity (Wildman–Crippen MR) is 99.0 cm³/mol. The SMILES string of the molecule is CC(C)[Si](C)(Oc1ccc(-c2ccccc2C#N)cc1)C(C)C. The molecule has 0 amide bonds. The van der Waals surface area contributed by atoms with Crippen LogP contribution in [-0.2, 0) is 0 Å². The molecule has 0 aliphatic rings. The summed E-state index contributed by atoms with van der Waals surface area (Å²) in [7, 11) is -1.81. The maximum absolute atomic E-state index is 9.24. The second kappa shape index (κ2) is 7.02. The lowest BCUT2D eigenvalue weighted by molar-refractivity contribution is 0.507. The minimum Gasteiger partial charge on any atom is -0.543 e. The number of hydrogen-bond donors (Lipinski definition) is 0. The van der Waals surface area contributed by atoms with Crippen LogP contribution in [0.1, 0.15) is 33.3 Å². The second-order valence-electron chi connectivity index (χ2n) is 6.78. The average Bonchev–Trinajstić information content (AvgIpc) is 2.55. The highest BCUT2D eigenvalue weighted by atomic mass is 28.4. The van der Waals surface area contributed by atoms with Crippen molar-refractivity contribution in [1.29, 1.82) is 5.26 Å². The van der Waals surface area contributed by atoms with Gasteiger partial charge in [0.15, 0.2) is 0 Å². The summed E-state index contributed by atoms with van der Waals surface area (Å²) in [5.41, 5.74) is 3.83. The topological polar surface area (TPSA) is 33.0 Å². The Morgan fingerprint density at radius 3 is 2.00 bits per heavy atom. The highest BCUT2D eigenvalue weighted by molar-refractivity contribution is 6.75. The number of nitrogens with zero attached hydrogens (tertiary/aromatic N) is 1. The van der Waals surface area contributed by atoms with Crippen molar-refractivity contribution in [2.75, 3.05) is 0 Å². The molecule has 0 saturated heterocycles. The Morgan fingerprint density at radius 2 is 1.48 bits per heavy atom. The molecule has 0 bridgehead atoms. The van der Waals surface area contributed by atoms with Gasteiger partial charge in [0.1, 0.15) is 5.75 Å². The number of hydrogen-bond acceptors (Lipinski definition) is 2. The third kappa shape index (κ3) is 3.65. The Morgan fingerprint density at radius 1 is 0.913 bits per heavy atom. The fraction of sp³-hybridized carbons (Fsp3) is 0.350. The molecule has 0 heterocycles. The Balaban J connectivity index is 2.28. The first-order valence-corrected chi connectivity index (χ1v) is 10.7. The first-order chi connectivity index (χ1) is 10.9. The summed E-state index contributed by atoms with van der Waals surface area (Å²) in [5.74, 6) is 0.930. The minimum absolute atomic E-state index is 0.557. The van der Waals surface area contributed by atoms with Crippen LogP contribution in [-0.4, -0.2) is 8.32 Å². The van der Waals surface area contributed by atoms with Crippen LogP contribution in [0.15, 0.2) is 48.5 Å². The molecule has 0 aliphatic carbocycles. The molecule has 0 aliphatic heterocycles. The van der Waals surface area contributed by atoms with E-state index in [-0.39, 0.29) is 0 Å². The Labute approximate surface area is 140 Å². The van der Waals surface area contributed by atoms with E-state index in [0.29, 0.717) is 16.6 Å². The van der Waals surface area contributed by atoms with Crippen LogP contribution in [0.4, 0.5) is 0 Å². The Hall–Kier alpha value is -2.05. The highest BCUT2D eigenvalue weighted by Gasteiger charge is 2.38. The van der Waals surface area contributed by atoms with Gasteiger partial charge in [-0.15, -0.1) is 0 Å². The van der Waals surface area contributed by atoms with Crippen LogP contribution in [0.3, 0.4) is 0 Å². The molecule has 0 spiro atoms. The van der Waals surface area contributed by atoms with Crippen molar-refractivity contribution in [3.63, 3.8) is 0 Å². The zero-order valence-electron chi connectivity index (χ0n) is 14.6. The van der Waals surface area contributed by atoms with Gasteiger partial charge in [0.25, 0.3) is 8.32 Å². The molecular formula is C20H25NOSi. The summed E-state index contributed by atoms with van der Waals surface area (Å²) in [6.07, 6.45) is 0. The second-order valence-corrected chi connectivity index (χ2v) is 11.7. The fourth-order valence-electron chi connectivity index (χ4n) is 2.69. The molecular weight excluding hydrogens is 298 g/mol. The molecule has 0 aromatic heterocycles. The van der Waals surface area contributed by atoms with E-state index < -0.39 is 8.32 Å². The summed E-state index contributed by atoms with van der Waals surface area (Å²) < 4.78 is 6.45. The number of rotatable bonds is 5. The van der Waals surface area contributed by atoms with Crippen LogP contribution in [0.25, 0.3) is 11.1 Å². The quantitative estimate of drug-likeness (QED) is 0.632. The van der Waals surface area contributed by atoms with Crippen LogP contribution in [0.5, 0.6) is 5.75 Å². The van der Waals surface area contributed by atoms with Crippen LogP contribution >= 0.6 is 0 Å². The first-order valence-electron chi connectivity index (χ1n) is 8.17. The van der Waals surface area contributed by atoms with Gasteiger partial charge in [0.2, 0.25) is 0 Å². The van der Waals surface area contributed by atoms with Gasteiger partial charge < -0.3 is 4.43 Å². The van der Waals surface area contributed by atoms with Gasteiger partial charge in [-0.2, -0.15) is 5.26 Å². The molecule has 0 atom stereocenters. The smallest absolute Gasteiger partial charge is 0.253 e. The molecule has 120 valence electrons. The summed E-state index contributed by atoms with van der Waals surface area (Å²) in [4.78, 5) is 0. The molecule has 0 N–H and O–H groups in total. The summed E-state index contributed by atoms with van der Waals surface area (Å²) in [5, 5.41) is 9.24. The fourth-order valence-corrected chi connectivity index (χ4v) is 5.14. The summed E-state index contributed by atoms with van der Waals surface area (Å²) in [6, 6.07) is 18.1. The Bertz CT molecular complexity index is 690. The number of benzene rings is 2. The average molecular weight is 324 g/mol. The molecule has 0 unspecified atom stereocenters. The third-order valence-electron chi connectivity index (χ3n) is 4.84. The maximum atomic E-state index is 9.24. The summed E-state index contributed by atoms with van der Waals surface area (Å²) >= 11 is 0. The zero-order valence-corrected chi connectivity index (χ0v) is 15.6. The van der Waals surface area contributed by atoms with Gasteiger partial charge in [-0.3, -0.25) is 0 Å². The molecule has 23 heavy (non-hydrogen) atoms. The van der Waals surface area contributed by atoms with Gasteiger partial charge >= 0.3 is 0 Å². The van der Waals surface area contributed by atoms with Crippen molar-refractivity contribution in [1.82, 2.24) is 0 Å². The maximum Gasteiger partial charge on any atom is 0.253 e. The Kier molecular flexibility index (Phi) is 5.28. The van der Waals surface area contributed by atoms with Crippen molar-refractivity contribution in [2.24, 2.45) is 0 Å². The lowest BCUT2D eigenvalue weighted by Crippen LogP contribution is -2.44. The predicted octanol–water partition coefficient (Wildman–Crippen LogP) is 6.00. The van der Waals surface area contributed by atoms with E-state index in [2.05, 4.69) is 40.3 Å². The highest BCUT2D eigenvalue weighted by Crippen LogP contribution is 2.35.